The average molecular weight is 294 g/mol. The highest BCUT2D eigenvalue weighted by Crippen LogP contribution is 2.28. The molecule has 2 rings (SSSR count). The Morgan fingerprint density at radius 3 is 2.68 bits per heavy atom. The first-order valence-electron chi connectivity index (χ1n) is 6.36. The van der Waals surface area contributed by atoms with Crippen LogP contribution >= 0.6 is 23.5 Å². The van der Waals surface area contributed by atoms with Gasteiger partial charge in [-0.3, -0.25) is 9.79 Å². The number of hydrogen-bond acceptors (Lipinski definition) is 4. The van der Waals surface area contributed by atoms with Gasteiger partial charge in [-0.1, -0.05) is 43.8 Å². The summed E-state index contributed by atoms with van der Waals surface area (Å²) in [6.45, 7) is 4.95. The van der Waals surface area contributed by atoms with Crippen LogP contribution in [0.2, 0.25) is 0 Å². The standard InChI is InChI=1S/C14H18N2OS2/c1-10(2)12(19-11-6-4-3-5-7-11)13(17)16-14-15-8-9-18-14/h3-7,10,12H,8-9H2,1-2H3,(H,15,16,17). The topological polar surface area (TPSA) is 41.5 Å². The molecule has 1 unspecified atom stereocenters. The lowest BCUT2D eigenvalue weighted by molar-refractivity contribution is -0.119. The molecule has 1 aliphatic heterocycles. The quantitative estimate of drug-likeness (QED) is 0.868. The average Bonchev–Trinajstić information content (AvgIpc) is 2.89. The van der Waals surface area contributed by atoms with E-state index in [1.807, 2.05) is 30.3 Å². The molecule has 0 fully saturated rings. The molecule has 1 heterocycles. The number of carbonyl (C=O) groups excluding carboxylic acids is 1. The van der Waals surface area contributed by atoms with Crippen LogP contribution in [0.1, 0.15) is 13.8 Å². The Morgan fingerprint density at radius 2 is 2.11 bits per heavy atom. The summed E-state index contributed by atoms with van der Waals surface area (Å²) >= 11 is 3.23. The third kappa shape index (κ3) is 4.28. The highest BCUT2D eigenvalue weighted by Gasteiger charge is 2.25. The molecule has 0 saturated heterocycles. The second-order valence-electron chi connectivity index (χ2n) is 4.62. The minimum atomic E-state index is -0.0914. The number of aliphatic imine (C=N–C) groups is 1. The Bertz CT molecular complexity index is 460. The van der Waals surface area contributed by atoms with Crippen molar-refractivity contribution in [3.8, 4) is 0 Å². The van der Waals surface area contributed by atoms with Crippen LogP contribution in [0.15, 0.2) is 40.2 Å². The monoisotopic (exact) mass is 294 g/mol. The Balaban J connectivity index is 2.01. The largest absolute Gasteiger partial charge is 0.304 e. The molecule has 19 heavy (non-hydrogen) atoms. The predicted molar refractivity (Wildman–Crippen MR) is 83.8 cm³/mol. The molecule has 1 aromatic carbocycles. The van der Waals surface area contributed by atoms with Gasteiger partial charge in [0, 0.05) is 10.6 Å². The summed E-state index contributed by atoms with van der Waals surface area (Å²) in [7, 11) is 0. The van der Waals surface area contributed by atoms with Gasteiger partial charge >= 0.3 is 0 Å². The summed E-state index contributed by atoms with van der Waals surface area (Å²) in [6.07, 6.45) is 0. The molecule has 0 aromatic heterocycles. The lowest BCUT2D eigenvalue weighted by atomic mass is 10.1. The predicted octanol–water partition coefficient (Wildman–Crippen LogP) is 3.02. The minimum Gasteiger partial charge on any atom is -0.304 e. The van der Waals surface area contributed by atoms with Gasteiger partial charge in [0.25, 0.3) is 0 Å². The van der Waals surface area contributed by atoms with Crippen molar-refractivity contribution in [3.05, 3.63) is 30.3 Å². The number of nitrogens with zero attached hydrogens (tertiary/aromatic N) is 1. The first-order valence-corrected chi connectivity index (χ1v) is 8.23. The Hall–Kier alpha value is -0.940. The molecule has 1 aromatic rings. The van der Waals surface area contributed by atoms with Crippen LogP contribution in [0.5, 0.6) is 0 Å². The minimum absolute atomic E-state index is 0.0528. The van der Waals surface area contributed by atoms with E-state index in [1.54, 1.807) is 23.5 Å². The molecule has 102 valence electrons. The highest BCUT2D eigenvalue weighted by atomic mass is 32.2. The van der Waals surface area contributed by atoms with Crippen LogP contribution in [-0.2, 0) is 4.79 Å². The van der Waals surface area contributed by atoms with Crippen molar-refractivity contribution in [1.29, 1.82) is 0 Å². The van der Waals surface area contributed by atoms with Gasteiger partial charge in [-0.05, 0) is 18.1 Å². The summed E-state index contributed by atoms with van der Waals surface area (Å²) in [5.74, 6) is 1.29. The van der Waals surface area contributed by atoms with Gasteiger partial charge in [0.05, 0.1) is 11.8 Å². The molecule has 1 atom stereocenters. The maximum absolute atomic E-state index is 12.3. The van der Waals surface area contributed by atoms with Crippen LogP contribution < -0.4 is 5.32 Å². The van der Waals surface area contributed by atoms with Crippen LogP contribution in [-0.4, -0.2) is 28.6 Å². The van der Waals surface area contributed by atoms with E-state index in [1.165, 1.54) is 0 Å². The van der Waals surface area contributed by atoms with E-state index in [-0.39, 0.29) is 17.1 Å². The van der Waals surface area contributed by atoms with Gasteiger partial charge in [0.15, 0.2) is 5.17 Å². The molecule has 1 amide bonds. The third-order valence-corrected chi connectivity index (χ3v) is 5.13. The number of amidine groups is 1. The second kappa shape index (κ2) is 7.01. The van der Waals surface area contributed by atoms with Crippen LogP contribution in [0.3, 0.4) is 0 Å². The normalized spacial score (nSPS) is 16.3. The van der Waals surface area contributed by atoms with E-state index < -0.39 is 0 Å². The highest BCUT2D eigenvalue weighted by molar-refractivity contribution is 8.14. The maximum atomic E-state index is 12.3. The second-order valence-corrected chi connectivity index (χ2v) is 6.92. The van der Waals surface area contributed by atoms with E-state index in [2.05, 4.69) is 24.2 Å². The van der Waals surface area contributed by atoms with E-state index in [0.29, 0.717) is 0 Å². The van der Waals surface area contributed by atoms with E-state index in [9.17, 15) is 4.79 Å². The molecular weight excluding hydrogens is 276 g/mol. The lowest BCUT2D eigenvalue weighted by Crippen LogP contribution is -2.38. The molecule has 1 N–H and O–H groups in total. The zero-order chi connectivity index (χ0) is 13.7. The Labute approximate surface area is 122 Å². The van der Waals surface area contributed by atoms with Gasteiger partial charge in [0.2, 0.25) is 5.91 Å². The van der Waals surface area contributed by atoms with Gasteiger partial charge in [-0.15, -0.1) is 11.8 Å². The van der Waals surface area contributed by atoms with E-state index in [0.717, 1.165) is 22.4 Å². The zero-order valence-corrected chi connectivity index (χ0v) is 12.8. The number of benzene rings is 1. The fourth-order valence-electron chi connectivity index (χ4n) is 1.73. The van der Waals surface area contributed by atoms with Crippen molar-refractivity contribution in [1.82, 2.24) is 5.32 Å². The van der Waals surface area contributed by atoms with Crippen LogP contribution in [0.25, 0.3) is 0 Å². The van der Waals surface area contributed by atoms with Crippen LogP contribution in [0, 0.1) is 5.92 Å². The molecular formula is C14H18N2OS2. The number of nitrogens with one attached hydrogen (secondary N) is 1. The van der Waals surface area contributed by atoms with E-state index >= 15 is 0 Å². The Kier molecular flexibility index (Phi) is 5.34. The zero-order valence-electron chi connectivity index (χ0n) is 11.1. The molecule has 0 bridgehead atoms. The number of amides is 1. The molecule has 0 spiro atoms. The fraction of sp³-hybridized carbons (Fsp3) is 0.429. The van der Waals surface area contributed by atoms with Crippen molar-refractivity contribution in [2.75, 3.05) is 12.3 Å². The third-order valence-electron chi connectivity index (χ3n) is 2.69. The summed E-state index contributed by atoms with van der Waals surface area (Å²) in [4.78, 5) is 17.7. The number of rotatable bonds is 4. The van der Waals surface area contributed by atoms with Gasteiger partial charge in [-0.25, -0.2) is 0 Å². The van der Waals surface area contributed by atoms with Crippen molar-refractivity contribution >= 4 is 34.6 Å². The van der Waals surface area contributed by atoms with Gasteiger partial charge in [-0.2, -0.15) is 0 Å². The summed E-state index contributed by atoms with van der Waals surface area (Å²) in [5, 5.41) is 3.61. The van der Waals surface area contributed by atoms with Crippen molar-refractivity contribution in [2.24, 2.45) is 10.9 Å². The van der Waals surface area contributed by atoms with Crippen molar-refractivity contribution in [3.63, 3.8) is 0 Å². The first-order chi connectivity index (χ1) is 9.16. The molecule has 0 aliphatic carbocycles. The fourth-order valence-corrected chi connectivity index (χ4v) is 3.50. The smallest absolute Gasteiger partial charge is 0.239 e. The number of hydrogen-bond donors (Lipinski definition) is 1. The number of thioether (sulfide) groups is 2. The van der Waals surface area contributed by atoms with Gasteiger partial charge in [0.1, 0.15) is 0 Å². The molecule has 0 radical (unpaired) electrons. The lowest BCUT2D eigenvalue weighted by Gasteiger charge is -2.19. The van der Waals surface area contributed by atoms with Gasteiger partial charge < -0.3 is 5.32 Å². The summed E-state index contributed by atoms with van der Waals surface area (Å²) in [5.41, 5.74) is 0. The molecule has 0 saturated carbocycles. The summed E-state index contributed by atoms with van der Waals surface area (Å²) < 4.78 is 0. The van der Waals surface area contributed by atoms with Crippen LogP contribution in [0.4, 0.5) is 0 Å². The molecule has 1 aliphatic rings. The summed E-state index contributed by atoms with van der Waals surface area (Å²) in [6, 6.07) is 10.0. The SMILES string of the molecule is CC(C)C(Sc1ccccc1)C(=O)NC1=NCCS1. The molecule has 5 heteroatoms. The number of carbonyl (C=O) groups is 1. The Morgan fingerprint density at radius 1 is 1.37 bits per heavy atom. The maximum Gasteiger partial charge on any atom is 0.239 e. The van der Waals surface area contributed by atoms with E-state index in [4.69, 9.17) is 0 Å². The first kappa shape index (κ1) is 14.5. The van der Waals surface area contributed by atoms with Crippen molar-refractivity contribution in [2.45, 2.75) is 24.0 Å². The molecule has 3 nitrogen and oxygen atoms in total. The van der Waals surface area contributed by atoms with Crippen molar-refractivity contribution < 1.29 is 4.79 Å².